The molecule has 1 unspecified atom stereocenters. The lowest BCUT2D eigenvalue weighted by Crippen LogP contribution is -2.47. The van der Waals surface area contributed by atoms with E-state index >= 15 is 0 Å². The van der Waals surface area contributed by atoms with Crippen molar-refractivity contribution in [1.29, 1.82) is 0 Å². The molecule has 0 radical (unpaired) electrons. The molecule has 0 aromatic heterocycles. The molecule has 0 aliphatic rings. The first-order chi connectivity index (χ1) is 11.5. The largest absolute Gasteiger partial charge is 0.354 e. The van der Waals surface area contributed by atoms with Gasteiger partial charge in [-0.05, 0) is 73.6 Å². The van der Waals surface area contributed by atoms with Crippen molar-refractivity contribution in [3.63, 3.8) is 0 Å². The van der Waals surface area contributed by atoms with Gasteiger partial charge in [-0.3, -0.25) is 9.59 Å². The number of hydrogen-bond acceptors (Lipinski definition) is 4. The van der Waals surface area contributed by atoms with Crippen LogP contribution in [-0.4, -0.2) is 61.9 Å². The summed E-state index contributed by atoms with van der Waals surface area (Å²) in [5, 5.41) is 5.77. The summed E-state index contributed by atoms with van der Waals surface area (Å²) >= 11 is 5.03. The lowest BCUT2D eigenvalue weighted by molar-refractivity contribution is -0.123. The predicted octanol–water partition coefficient (Wildman–Crippen LogP) is 2.37. The first-order valence-electron chi connectivity index (χ1n) is 7.92. The third-order valence-electron chi connectivity index (χ3n) is 3.43. The summed E-state index contributed by atoms with van der Waals surface area (Å²) in [5.41, 5.74) is 0.534. The van der Waals surface area contributed by atoms with Crippen LogP contribution in [0.5, 0.6) is 0 Å². The number of nitrogens with one attached hydrogen (secondary N) is 2. The van der Waals surface area contributed by atoms with Gasteiger partial charge in [0.15, 0.2) is 0 Å². The van der Waals surface area contributed by atoms with Crippen molar-refractivity contribution in [2.24, 2.45) is 0 Å². The molecule has 0 spiro atoms. The molecule has 0 saturated heterocycles. The maximum Gasteiger partial charge on any atom is 0.253 e. The van der Waals surface area contributed by atoms with E-state index in [1.165, 1.54) is 0 Å². The van der Waals surface area contributed by atoms with Gasteiger partial charge in [0.25, 0.3) is 5.91 Å². The minimum atomic E-state index is -0.517. The van der Waals surface area contributed by atoms with Crippen molar-refractivity contribution in [1.82, 2.24) is 15.5 Å². The number of nitrogens with zero attached hydrogens (tertiary/aromatic N) is 1. The van der Waals surface area contributed by atoms with Crippen molar-refractivity contribution in [3.05, 3.63) is 34.3 Å². The number of carbonyl (C=O) groups is 2. The van der Waals surface area contributed by atoms with E-state index in [1.54, 1.807) is 23.9 Å². The van der Waals surface area contributed by atoms with Gasteiger partial charge in [0.2, 0.25) is 5.91 Å². The molecule has 2 N–H and O–H groups in total. The zero-order chi connectivity index (χ0) is 17.9. The van der Waals surface area contributed by atoms with Crippen LogP contribution in [0.25, 0.3) is 0 Å². The van der Waals surface area contributed by atoms with Gasteiger partial charge in [-0.1, -0.05) is 12.1 Å². The summed E-state index contributed by atoms with van der Waals surface area (Å²) < 4.78 is 0.720. The topological polar surface area (TPSA) is 61.4 Å². The van der Waals surface area contributed by atoms with E-state index in [1.807, 2.05) is 32.5 Å². The Morgan fingerprint density at radius 2 is 2.00 bits per heavy atom. The number of hydrogen-bond donors (Lipinski definition) is 2. The average Bonchev–Trinajstić information content (AvgIpc) is 2.55. The molecule has 0 aliphatic carbocycles. The van der Waals surface area contributed by atoms with Gasteiger partial charge >= 0.3 is 0 Å². The lowest BCUT2D eigenvalue weighted by atomic mass is 10.1. The quantitative estimate of drug-likeness (QED) is 0.575. The molecule has 1 rings (SSSR count). The van der Waals surface area contributed by atoms with Crippen LogP contribution < -0.4 is 10.6 Å². The third-order valence-corrected chi connectivity index (χ3v) is 4.77. The smallest absolute Gasteiger partial charge is 0.253 e. The number of carbonyl (C=O) groups excluding carboxylic acids is 2. The van der Waals surface area contributed by atoms with Crippen LogP contribution >= 0.6 is 27.7 Å². The normalized spacial score (nSPS) is 12.0. The molecule has 0 heterocycles. The zero-order valence-electron chi connectivity index (χ0n) is 14.5. The number of thioether (sulfide) groups is 1. The molecule has 1 aromatic carbocycles. The molecule has 7 heteroatoms. The van der Waals surface area contributed by atoms with E-state index in [0.717, 1.165) is 23.2 Å². The number of amides is 2. The van der Waals surface area contributed by atoms with E-state index in [4.69, 9.17) is 0 Å². The molecule has 5 nitrogen and oxygen atoms in total. The summed E-state index contributed by atoms with van der Waals surface area (Å²) in [5.74, 6) is 0.451. The highest BCUT2D eigenvalue weighted by Gasteiger charge is 2.21. The fourth-order valence-corrected chi connectivity index (χ4v) is 3.05. The van der Waals surface area contributed by atoms with Gasteiger partial charge in [0.05, 0.1) is 5.56 Å². The van der Waals surface area contributed by atoms with Crippen LogP contribution in [0.15, 0.2) is 28.7 Å². The van der Waals surface area contributed by atoms with Crippen LogP contribution in [-0.2, 0) is 4.79 Å². The Bertz CT molecular complexity index is 540. The molecule has 0 bridgehead atoms. The molecule has 0 aliphatic heterocycles. The molecular weight excluding hydrogens is 390 g/mol. The third kappa shape index (κ3) is 7.68. The molecule has 1 atom stereocenters. The van der Waals surface area contributed by atoms with Gasteiger partial charge in [0.1, 0.15) is 6.04 Å². The Kier molecular flexibility index (Phi) is 10.1. The van der Waals surface area contributed by atoms with Crippen molar-refractivity contribution < 1.29 is 9.59 Å². The van der Waals surface area contributed by atoms with Crippen LogP contribution in [0.1, 0.15) is 23.2 Å². The molecule has 0 saturated carbocycles. The molecule has 24 heavy (non-hydrogen) atoms. The van der Waals surface area contributed by atoms with Crippen LogP contribution in [0.4, 0.5) is 0 Å². The van der Waals surface area contributed by atoms with Crippen LogP contribution in [0, 0.1) is 0 Å². The number of rotatable bonds is 10. The Labute approximate surface area is 157 Å². The van der Waals surface area contributed by atoms with E-state index < -0.39 is 6.04 Å². The maximum atomic E-state index is 12.4. The molecule has 1 aromatic rings. The monoisotopic (exact) mass is 415 g/mol. The van der Waals surface area contributed by atoms with Crippen molar-refractivity contribution in [3.8, 4) is 0 Å². The van der Waals surface area contributed by atoms with Crippen LogP contribution in [0.3, 0.4) is 0 Å². The Morgan fingerprint density at radius 1 is 1.29 bits per heavy atom. The second-order valence-corrected chi connectivity index (χ2v) is 7.58. The van der Waals surface area contributed by atoms with Gasteiger partial charge in [0, 0.05) is 11.0 Å². The first-order valence-corrected chi connectivity index (χ1v) is 10.1. The second-order valence-electron chi connectivity index (χ2n) is 5.74. The first kappa shape index (κ1) is 21.0. The van der Waals surface area contributed by atoms with Gasteiger partial charge in [-0.2, -0.15) is 11.8 Å². The Hall–Kier alpha value is -1.05. The van der Waals surface area contributed by atoms with E-state index in [0.29, 0.717) is 18.5 Å². The summed E-state index contributed by atoms with van der Waals surface area (Å²) in [6.45, 7) is 1.52. The molecular formula is C17H26BrN3O2S. The van der Waals surface area contributed by atoms with Crippen LogP contribution in [0.2, 0.25) is 0 Å². The summed E-state index contributed by atoms with van der Waals surface area (Å²) in [4.78, 5) is 26.9. The summed E-state index contributed by atoms with van der Waals surface area (Å²) in [7, 11) is 4.00. The molecule has 2 amide bonds. The highest BCUT2D eigenvalue weighted by molar-refractivity contribution is 9.10. The fourth-order valence-electron chi connectivity index (χ4n) is 2.12. The minimum absolute atomic E-state index is 0.122. The summed E-state index contributed by atoms with van der Waals surface area (Å²) in [6.07, 6.45) is 3.48. The van der Waals surface area contributed by atoms with Crippen molar-refractivity contribution >= 4 is 39.5 Å². The van der Waals surface area contributed by atoms with E-state index in [-0.39, 0.29) is 11.8 Å². The van der Waals surface area contributed by atoms with Gasteiger partial charge < -0.3 is 15.5 Å². The Morgan fingerprint density at radius 3 is 2.62 bits per heavy atom. The number of halogens is 1. The molecule has 0 fully saturated rings. The maximum absolute atomic E-state index is 12.4. The average molecular weight is 416 g/mol. The van der Waals surface area contributed by atoms with Gasteiger partial charge in [-0.25, -0.2) is 0 Å². The highest BCUT2D eigenvalue weighted by Crippen LogP contribution is 2.16. The standard InChI is InChI=1S/C17H26BrN3O2S/c1-21(2)11-6-10-19-17(23)15(9-12-24-3)20-16(22)13-7-4-5-8-14(13)18/h4-5,7-8,15H,6,9-12H2,1-3H3,(H,19,23)(H,20,22). The van der Waals surface area contributed by atoms with E-state index in [9.17, 15) is 9.59 Å². The van der Waals surface area contributed by atoms with E-state index in [2.05, 4.69) is 31.5 Å². The van der Waals surface area contributed by atoms with Crippen molar-refractivity contribution in [2.45, 2.75) is 18.9 Å². The highest BCUT2D eigenvalue weighted by atomic mass is 79.9. The Balaban J connectivity index is 2.62. The summed E-state index contributed by atoms with van der Waals surface area (Å²) in [6, 6.07) is 6.69. The SMILES string of the molecule is CSCCC(NC(=O)c1ccccc1Br)C(=O)NCCCN(C)C. The minimum Gasteiger partial charge on any atom is -0.354 e. The predicted molar refractivity (Wildman–Crippen MR) is 105 cm³/mol. The number of benzene rings is 1. The molecule has 134 valence electrons. The van der Waals surface area contributed by atoms with Gasteiger partial charge in [-0.15, -0.1) is 0 Å². The van der Waals surface area contributed by atoms with Crippen molar-refractivity contribution in [2.75, 3.05) is 39.2 Å². The lowest BCUT2D eigenvalue weighted by Gasteiger charge is -2.19. The fraction of sp³-hybridized carbons (Fsp3) is 0.529. The zero-order valence-corrected chi connectivity index (χ0v) is 16.9. The second kappa shape index (κ2) is 11.5.